The number of halogens is 1. The number of nitrogens with one attached hydrogen (secondary N) is 1. The topological polar surface area (TPSA) is 21.3 Å². The zero-order valence-electron chi connectivity index (χ0n) is 10.3. The number of anilines is 1. The van der Waals surface area contributed by atoms with Crippen molar-refractivity contribution < 1.29 is 4.74 Å². The van der Waals surface area contributed by atoms with Gasteiger partial charge in [0.25, 0.3) is 0 Å². The SMILES string of the molecule is CCOc1ccccc1CNc1ccccc1Cl. The summed E-state index contributed by atoms with van der Waals surface area (Å²) < 4.78 is 5.58. The number of rotatable bonds is 5. The third kappa shape index (κ3) is 3.17. The minimum absolute atomic E-state index is 0.670. The number of hydrogen-bond donors (Lipinski definition) is 1. The lowest BCUT2D eigenvalue weighted by molar-refractivity contribution is 0.337. The summed E-state index contributed by atoms with van der Waals surface area (Å²) in [7, 11) is 0. The molecule has 0 saturated heterocycles. The Bertz CT molecular complexity index is 513. The summed E-state index contributed by atoms with van der Waals surface area (Å²) in [6, 6.07) is 15.7. The number of ether oxygens (including phenoxy) is 1. The number of benzene rings is 2. The third-order valence-corrected chi connectivity index (χ3v) is 2.95. The van der Waals surface area contributed by atoms with Crippen molar-refractivity contribution >= 4 is 17.3 Å². The first-order chi connectivity index (χ1) is 8.81. The molecule has 0 aliphatic rings. The Morgan fingerprint density at radius 1 is 1.06 bits per heavy atom. The van der Waals surface area contributed by atoms with E-state index in [4.69, 9.17) is 16.3 Å². The molecule has 0 fully saturated rings. The number of para-hydroxylation sites is 2. The molecule has 0 aliphatic heterocycles. The second-order valence-electron chi connectivity index (χ2n) is 3.87. The molecule has 0 aromatic heterocycles. The predicted octanol–water partition coefficient (Wildman–Crippen LogP) is 4.35. The molecule has 0 radical (unpaired) electrons. The second-order valence-corrected chi connectivity index (χ2v) is 4.28. The van der Waals surface area contributed by atoms with Gasteiger partial charge in [0.1, 0.15) is 5.75 Å². The molecule has 2 aromatic carbocycles. The van der Waals surface area contributed by atoms with Crippen molar-refractivity contribution in [2.45, 2.75) is 13.5 Å². The first-order valence-electron chi connectivity index (χ1n) is 6.00. The van der Waals surface area contributed by atoms with Gasteiger partial charge in [-0.15, -0.1) is 0 Å². The Kier molecular flexibility index (Phi) is 4.48. The van der Waals surface area contributed by atoms with E-state index in [2.05, 4.69) is 11.4 Å². The smallest absolute Gasteiger partial charge is 0.124 e. The van der Waals surface area contributed by atoms with Crippen LogP contribution in [0.25, 0.3) is 0 Å². The van der Waals surface area contributed by atoms with E-state index in [1.807, 2.05) is 49.4 Å². The first-order valence-corrected chi connectivity index (χ1v) is 6.38. The van der Waals surface area contributed by atoms with Crippen molar-refractivity contribution in [1.82, 2.24) is 0 Å². The lowest BCUT2D eigenvalue weighted by Gasteiger charge is -2.12. The van der Waals surface area contributed by atoms with Crippen molar-refractivity contribution in [3.05, 3.63) is 59.1 Å². The average molecular weight is 262 g/mol. The molecule has 0 aliphatic carbocycles. The molecule has 3 heteroatoms. The molecular formula is C15H16ClNO. The summed E-state index contributed by atoms with van der Waals surface area (Å²) in [5.41, 5.74) is 2.06. The molecule has 2 nitrogen and oxygen atoms in total. The molecule has 0 unspecified atom stereocenters. The Morgan fingerprint density at radius 2 is 1.78 bits per heavy atom. The van der Waals surface area contributed by atoms with Gasteiger partial charge in [0, 0.05) is 12.1 Å². The Hall–Kier alpha value is -1.67. The van der Waals surface area contributed by atoms with Gasteiger partial charge in [0.05, 0.1) is 17.3 Å². The molecule has 18 heavy (non-hydrogen) atoms. The summed E-state index contributed by atoms with van der Waals surface area (Å²) >= 11 is 6.10. The van der Waals surface area contributed by atoms with Gasteiger partial charge in [-0.1, -0.05) is 41.9 Å². The van der Waals surface area contributed by atoms with Crippen LogP contribution in [-0.4, -0.2) is 6.61 Å². The highest BCUT2D eigenvalue weighted by Crippen LogP contribution is 2.23. The Morgan fingerprint density at radius 3 is 2.56 bits per heavy atom. The van der Waals surface area contributed by atoms with Crippen LogP contribution in [0.2, 0.25) is 5.02 Å². The highest BCUT2D eigenvalue weighted by Gasteiger charge is 2.03. The van der Waals surface area contributed by atoms with Gasteiger partial charge in [-0.2, -0.15) is 0 Å². The number of hydrogen-bond acceptors (Lipinski definition) is 2. The first kappa shape index (κ1) is 12.8. The molecule has 0 heterocycles. The van der Waals surface area contributed by atoms with Crippen LogP contribution in [0.15, 0.2) is 48.5 Å². The van der Waals surface area contributed by atoms with Crippen molar-refractivity contribution in [2.24, 2.45) is 0 Å². The second kappa shape index (κ2) is 6.31. The monoisotopic (exact) mass is 261 g/mol. The van der Waals surface area contributed by atoms with E-state index in [9.17, 15) is 0 Å². The van der Waals surface area contributed by atoms with Crippen molar-refractivity contribution in [1.29, 1.82) is 0 Å². The zero-order valence-corrected chi connectivity index (χ0v) is 11.1. The molecule has 1 N–H and O–H groups in total. The molecule has 0 bridgehead atoms. The summed E-state index contributed by atoms with van der Waals surface area (Å²) in [5, 5.41) is 4.04. The van der Waals surface area contributed by atoms with Crippen LogP contribution in [-0.2, 0) is 6.54 Å². The van der Waals surface area contributed by atoms with E-state index in [1.165, 1.54) is 0 Å². The van der Waals surface area contributed by atoms with Crippen molar-refractivity contribution in [2.75, 3.05) is 11.9 Å². The van der Waals surface area contributed by atoms with Gasteiger partial charge in [-0.3, -0.25) is 0 Å². The average Bonchev–Trinajstić information content (AvgIpc) is 2.40. The lowest BCUT2D eigenvalue weighted by atomic mass is 10.2. The van der Waals surface area contributed by atoms with Crippen molar-refractivity contribution in [3.63, 3.8) is 0 Å². The summed E-state index contributed by atoms with van der Waals surface area (Å²) in [6.07, 6.45) is 0. The van der Waals surface area contributed by atoms with Crippen molar-refractivity contribution in [3.8, 4) is 5.75 Å². The van der Waals surface area contributed by atoms with E-state index in [0.29, 0.717) is 13.2 Å². The highest BCUT2D eigenvalue weighted by atomic mass is 35.5. The van der Waals surface area contributed by atoms with Gasteiger partial charge >= 0.3 is 0 Å². The molecule has 94 valence electrons. The maximum atomic E-state index is 6.10. The maximum Gasteiger partial charge on any atom is 0.124 e. The zero-order chi connectivity index (χ0) is 12.8. The quantitative estimate of drug-likeness (QED) is 0.864. The molecule has 2 rings (SSSR count). The lowest BCUT2D eigenvalue weighted by Crippen LogP contribution is -2.03. The fourth-order valence-electron chi connectivity index (χ4n) is 1.74. The van der Waals surface area contributed by atoms with E-state index in [-0.39, 0.29) is 0 Å². The largest absolute Gasteiger partial charge is 0.494 e. The molecule has 0 spiro atoms. The molecular weight excluding hydrogens is 246 g/mol. The van der Waals surface area contributed by atoms with Gasteiger partial charge < -0.3 is 10.1 Å². The molecule has 0 saturated carbocycles. The van der Waals surface area contributed by atoms with Gasteiger partial charge in [-0.25, -0.2) is 0 Å². The standard InChI is InChI=1S/C15H16ClNO/c1-2-18-15-10-6-3-7-12(15)11-17-14-9-5-4-8-13(14)16/h3-10,17H,2,11H2,1H3. The molecule has 0 atom stereocenters. The minimum Gasteiger partial charge on any atom is -0.494 e. The van der Waals surface area contributed by atoms with E-state index in [1.54, 1.807) is 0 Å². The van der Waals surface area contributed by atoms with Crippen LogP contribution in [0.4, 0.5) is 5.69 Å². The molecule has 0 amide bonds. The van der Waals surface area contributed by atoms with E-state index >= 15 is 0 Å². The summed E-state index contributed by atoms with van der Waals surface area (Å²) in [4.78, 5) is 0. The van der Waals surface area contributed by atoms with Gasteiger partial charge in [0.15, 0.2) is 0 Å². The van der Waals surface area contributed by atoms with Gasteiger partial charge in [0.2, 0.25) is 0 Å². The van der Waals surface area contributed by atoms with Crippen LogP contribution in [0.5, 0.6) is 5.75 Å². The minimum atomic E-state index is 0.670. The molecule has 2 aromatic rings. The van der Waals surface area contributed by atoms with Crippen LogP contribution in [0, 0.1) is 0 Å². The van der Waals surface area contributed by atoms with Crippen LogP contribution in [0.1, 0.15) is 12.5 Å². The fraction of sp³-hybridized carbons (Fsp3) is 0.200. The Labute approximate surface area is 113 Å². The van der Waals surface area contributed by atoms with Gasteiger partial charge in [-0.05, 0) is 25.1 Å². The van der Waals surface area contributed by atoms with Crippen LogP contribution < -0.4 is 10.1 Å². The summed E-state index contributed by atoms with van der Waals surface area (Å²) in [6.45, 7) is 3.35. The van der Waals surface area contributed by atoms with E-state index < -0.39 is 0 Å². The predicted molar refractivity (Wildman–Crippen MR) is 76.4 cm³/mol. The summed E-state index contributed by atoms with van der Waals surface area (Å²) in [5.74, 6) is 0.916. The third-order valence-electron chi connectivity index (χ3n) is 2.62. The Balaban J connectivity index is 2.08. The maximum absolute atomic E-state index is 6.10. The van der Waals surface area contributed by atoms with Crippen LogP contribution >= 0.6 is 11.6 Å². The van der Waals surface area contributed by atoms with Crippen LogP contribution in [0.3, 0.4) is 0 Å². The normalized spacial score (nSPS) is 10.1. The fourth-order valence-corrected chi connectivity index (χ4v) is 1.94. The van der Waals surface area contributed by atoms with E-state index in [0.717, 1.165) is 22.0 Å². The highest BCUT2D eigenvalue weighted by molar-refractivity contribution is 6.33.